The highest BCUT2D eigenvalue weighted by molar-refractivity contribution is 5.43. The third-order valence-corrected chi connectivity index (χ3v) is 6.00. The molecule has 0 amide bonds. The number of methoxy groups -OCH3 is 2. The monoisotopic (exact) mass is 438 g/mol. The molecule has 168 valence electrons. The lowest BCUT2D eigenvalue weighted by Gasteiger charge is -2.40. The van der Waals surface area contributed by atoms with E-state index in [2.05, 4.69) is 15.9 Å². The molecule has 3 aromatic carbocycles. The maximum absolute atomic E-state index is 13.5. The number of ether oxygens (including phenoxy) is 2. The first-order chi connectivity index (χ1) is 15.6. The van der Waals surface area contributed by atoms with Crippen molar-refractivity contribution in [3.8, 4) is 11.5 Å². The first kappa shape index (κ1) is 22.2. The molecule has 3 aromatic rings. The molecular weight excluding hydrogens is 410 g/mol. The van der Waals surface area contributed by atoms with Crippen LogP contribution < -0.4 is 9.47 Å². The number of halogens is 2. The Morgan fingerprint density at radius 1 is 0.719 bits per heavy atom. The Morgan fingerprint density at radius 3 is 1.75 bits per heavy atom. The zero-order valence-electron chi connectivity index (χ0n) is 18.4. The van der Waals surface area contributed by atoms with Gasteiger partial charge in [0.25, 0.3) is 0 Å². The highest BCUT2D eigenvalue weighted by Crippen LogP contribution is 2.31. The first-order valence-corrected chi connectivity index (χ1v) is 10.8. The van der Waals surface area contributed by atoms with E-state index >= 15 is 0 Å². The van der Waals surface area contributed by atoms with Crippen molar-refractivity contribution in [1.82, 2.24) is 9.80 Å². The predicted octanol–water partition coefficient (Wildman–Crippen LogP) is 4.89. The largest absolute Gasteiger partial charge is 0.493 e. The molecule has 0 aliphatic carbocycles. The summed E-state index contributed by atoms with van der Waals surface area (Å²) in [6.45, 7) is 4.33. The summed E-state index contributed by atoms with van der Waals surface area (Å²) in [4.78, 5) is 4.79. The summed E-state index contributed by atoms with van der Waals surface area (Å²) in [5.74, 6) is 0.941. The molecule has 32 heavy (non-hydrogen) atoms. The molecule has 1 aliphatic heterocycles. The van der Waals surface area contributed by atoms with Gasteiger partial charge < -0.3 is 9.47 Å². The van der Waals surface area contributed by atoms with Gasteiger partial charge in [0.05, 0.1) is 20.3 Å². The minimum absolute atomic E-state index is 0.0422. The van der Waals surface area contributed by atoms with Gasteiger partial charge >= 0.3 is 0 Å². The number of piperazine rings is 1. The van der Waals surface area contributed by atoms with E-state index in [1.807, 2.05) is 36.4 Å². The van der Waals surface area contributed by atoms with Crippen LogP contribution in [-0.2, 0) is 6.54 Å². The molecule has 0 N–H and O–H groups in total. The molecule has 0 unspecified atom stereocenters. The number of hydrogen-bond acceptors (Lipinski definition) is 4. The molecule has 1 heterocycles. The van der Waals surface area contributed by atoms with E-state index in [1.54, 1.807) is 14.2 Å². The molecule has 0 radical (unpaired) electrons. The molecule has 6 heteroatoms. The number of nitrogens with zero attached hydrogens (tertiary/aromatic N) is 2. The van der Waals surface area contributed by atoms with Gasteiger partial charge in [-0.2, -0.15) is 0 Å². The molecular formula is C26H28F2N2O2. The van der Waals surface area contributed by atoms with Gasteiger partial charge in [-0.15, -0.1) is 0 Å². The van der Waals surface area contributed by atoms with Crippen molar-refractivity contribution in [3.05, 3.63) is 95.1 Å². The van der Waals surface area contributed by atoms with Crippen molar-refractivity contribution >= 4 is 0 Å². The van der Waals surface area contributed by atoms with Crippen molar-refractivity contribution in [2.75, 3.05) is 40.4 Å². The Morgan fingerprint density at radius 2 is 1.25 bits per heavy atom. The summed E-state index contributed by atoms with van der Waals surface area (Å²) < 4.78 is 37.8. The second-order valence-electron chi connectivity index (χ2n) is 8.01. The molecule has 4 rings (SSSR count). The van der Waals surface area contributed by atoms with E-state index in [4.69, 9.17) is 9.47 Å². The second-order valence-corrected chi connectivity index (χ2v) is 8.01. The molecule has 0 spiro atoms. The van der Waals surface area contributed by atoms with Gasteiger partial charge in [-0.1, -0.05) is 30.3 Å². The molecule has 1 saturated heterocycles. The van der Waals surface area contributed by atoms with Crippen LogP contribution in [0.4, 0.5) is 8.78 Å². The summed E-state index contributed by atoms with van der Waals surface area (Å²) in [7, 11) is 3.28. The SMILES string of the molecule is COc1ccc(CN2CCN(C(c3ccc(F)cc3)c3ccc(F)cc3)CC2)cc1OC. The molecule has 4 nitrogen and oxygen atoms in total. The zero-order chi connectivity index (χ0) is 22.5. The highest BCUT2D eigenvalue weighted by atomic mass is 19.1. The van der Waals surface area contributed by atoms with Crippen LogP contribution in [0.1, 0.15) is 22.7 Å². The Labute approximate surface area is 188 Å². The van der Waals surface area contributed by atoms with Gasteiger partial charge in [0.15, 0.2) is 11.5 Å². The fourth-order valence-electron chi connectivity index (χ4n) is 4.32. The standard InChI is InChI=1S/C26H28F2N2O2/c1-31-24-12-3-19(17-25(24)32-2)18-29-13-15-30(16-14-29)26(20-4-8-22(27)9-5-20)21-6-10-23(28)11-7-21/h3-12,17,26H,13-16,18H2,1-2H3. The van der Waals surface area contributed by atoms with Gasteiger partial charge in [0, 0.05) is 32.7 Å². The topological polar surface area (TPSA) is 24.9 Å². The fourth-order valence-corrected chi connectivity index (χ4v) is 4.32. The van der Waals surface area contributed by atoms with Crippen LogP contribution in [0.3, 0.4) is 0 Å². The fraction of sp³-hybridized carbons (Fsp3) is 0.308. The molecule has 0 aromatic heterocycles. The highest BCUT2D eigenvalue weighted by Gasteiger charge is 2.26. The maximum Gasteiger partial charge on any atom is 0.161 e. The predicted molar refractivity (Wildman–Crippen MR) is 121 cm³/mol. The third kappa shape index (κ3) is 5.09. The van der Waals surface area contributed by atoms with Crippen LogP contribution in [0.15, 0.2) is 66.7 Å². The number of benzene rings is 3. The van der Waals surface area contributed by atoms with E-state index in [9.17, 15) is 8.78 Å². The minimum Gasteiger partial charge on any atom is -0.493 e. The van der Waals surface area contributed by atoms with E-state index in [-0.39, 0.29) is 17.7 Å². The van der Waals surface area contributed by atoms with Gasteiger partial charge in [-0.05, 0) is 53.1 Å². The Balaban J connectivity index is 1.47. The first-order valence-electron chi connectivity index (χ1n) is 10.8. The summed E-state index contributed by atoms with van der Waals surface area (Å²) in [5, 5.41) is 0. The summed E-state index contributed by atoms with van der Waals surface area (Å²) in [5.41, 5.74) is 3.18. The van der Waals surface area contributed by atoms with E-state index < -0.39 is 0 Å². The van der Waals surface area contributed by atoms with Gasteiger partial charge in [-0.25, -0.2) is 8.78 Å². The van der Waals surface area contributed by atoms with E-state index in [1.165, 1.54) is 29.8 Å². The Bertz CT molecular complexity index is 972. The van der Waals surface area contributed by atoms with Gasteiger partial charge in [0.1, 0.15) is 11.6 Å². The van der Waals surface area contributed by atoms with Crippen LogP contribution in [0.2, 0.25) is 0 Å². The molecule has 1 aliphatic rings. The average Bonchev–Trinajstić information content (AvgIpc) is 2.82. The Hall–Kier alpha value is -2.96. The molecule has 0 saturated carbocycles. The maximum atomic E-state index is 13.5. The van der Waals surface area contributed by atoms with Crippen LogP contribution in [0.25, 0.3) is 0 Å². The van der Waals surface area contributed by atoms with E-state index in [0.717, 1.165) is 55.3 Å². The zero-order valence-corrected chi connectivity index (χ0v) is 18.4. The molecule has 0 bridgehead atoms. The van der Waals surface area contributed by atoms with Crippen LogP contribution in [0, 0.1) is 11.6 Å². The third-order valence-electron chi connectivity index (χ3n) is 6.00. The lowest BCUT2D eigenvalue weighted by atomic mass is 9.96. The van der Waals surface area contributed by atoms with E-state index in [0.29, 0.717) is 0 Å². The minimum atomic E-state index is -0.258. The van der Waals surface area contributed by atoms with Gasteiger partial charge in [-0.3, -0.25) is 9.80 Å². The van der Waals surface area contributed by atoms with Crippen molar-refractivity contribution in [2.45, 2.75) is 12.6 Å². The quantitative estimate of drug-likeness (QED) is 0.525. The van der Waals surface area contributed by atoms with Crippen molar-refractivity contribution < 1.29 is 18.3 Å². The normalized spacial score (nSPS) is 15.2. The van der Waals surface area contributed by atoms with Crippen LogP contribution in [0.5, 0.6) is 11.5 Å². The number of rotatable bonds is 7. The summed E-state index contributed by atoms with van der Waals surface area (Å²) in [6.07, 6.45) is 0. The molecule has 0 atom stereocenters. The molecule has 1 fully saturated rings. The Kier molecular flexibility index (Phi) is 7.02. The second kappa shape index (κ2) is 10.1. The average molecular weight is 439 g/mol. The van der Waals surface area contributed by atoms with Crippen molar-refractivity contribution in [3.63, 3.8) is 0 Å². The van der Waals surface area contributed by atoms with Crippen LogP contribution in [-0.4, -0.2) is 50.2 Å². The van der Waals surface area contributed by atoms with Crippen LogP contribution >= 0.6 is 0 Å². The lowest BCUT2D eigenvalue weighted by Crippen LogP contribution is -2.47. The van der Waals surface area contributed by atoms with Gasteiger partial charge in [0.2, 0.25) is 0 Å². The van der Waals surface area contributed by atoms with Crippen molar-refractivity contribution in [2.24, 2.45) is 0 Å². The van der Waals surface area contributed by atoms with Crippen molar-refractivity contribution in [1.29, 1.82) is 0 Å². The summed E-state index contributed by atoms with van der Waals surface area (Å²) in [6, 6.07) is 19.2. The lowest BCUT2D eigenvalue weighted by molar-refractivity contribution is 0.105. The smallest absolute Gasteiger partial charge is 0.161 e. The summed E-state index contributed by atoms with van der Waals surface area (Å²) >= 11 is 0. The number of hydrogen-bond donors (Lipinski definition) is 0.